The molecular formula is C31H35N3O3S. The maximum atomic E-state index is 13.3. The van der Waals surface area contributed by atoms with E-state index in [1.165, 1.54) is 0 Å². The van der Waals surface area contributed by atoms with E-state index in [-0.39, 0.29) is 0 Å². The SMILES string of the molecule is CC(=S)C(CCc1ccccc1)C(=O)NC(C(=O)NCCc1ccccc1)C(=O)NCCc1ccccc1. The summed E-state index contributed by atoms with van der Waals surface area (Å²) >= 11 is 5.38. The van der Waals surface area contributed by atoms with Crippen molar-refractivity contribution in [3.63, 3.8) is 0 Å². The molecule has 7 heteroatoms. The summed E-state index contributed by atoms with van der Waals surface area (Å²) in [5, 5.41) is 8.29. The topological polar surface area (TPSA) is 87.3 Å². The number of carbonyl (C=O) groups is 3. The Labute approximate surface area is 230 Å². The van der Waals surface area contributed by atoms with Crippen LogP contribution in [-0.4, -0.2) is 41.7 Å². The molecule has 1 unspecified atom stereocenters. The zero-order valence-electron chi connectivity index (χ0n) is 21.7. The van der Waals surface area contributed by atoms with Gasteiger partial charge in [0.25, 0.3) is 11.8 Å². The van der Waals surface area contributed by atoms with Gasteiger partial charge >= 0.3 is 0 Å². The summed E-state index contributed by atoms with van der Waals surface area (Å²) in [6.07, 6.45) is 2.37. The van der Waals surface area contributed by atoms with Crippen molar-refractivity contribution >= 4 is 34.8 Å². The lowest BCUT2D eigenvalue weighted by atomic mass is 9.95. The van der Waals surface area contributed by atoms with Crippen LogP contribution in [0.3, 0.4) is 0 Å². The second-order valence-corrected chi connectivity index (χ2v) is 9.83. The molecule has 0 radical (unpaired) electrons. The molecule has 3 N–H and O–H groups in total. The number of carbonyl (C=O) groups excluding carboxylic acids is 3. The summed E-state index contributed by atoms with van der Waals surface area (Å²) in [7, 11) is 0. The van der Waals surface area contributed by atoms with Gasteiger partial charge in [0, 0.05) is 18.0 Å². The Hall–Kier alpha value is -3.84. The van der Waals surface area contributed by atoms with E-state index in [9.17, 15) is 14.4 Å². The van der Waals surface area contributed by atoms with Gasteiger partial charge in [-0.3, -0.25) is 14.4 Å². The summed E-state index contributed by atoms with van der Waals surface area (Å²) in [6, 6.07) is 28.0. The summed E-state index contributed by atoms with van der Waals surface area (Å²) in [5.74, 6) is -2.11. The fourth-order valence-electron chi connectivity index (χ4n) is 4.12. The van der Waals surface area contributed by atoms with Crippen LogP contribution in [0.15, 0.2) is 91.0 Å². The van der Waals surface area contributed by atoms with Crippen LogP contribution in [0.4, 0.5) is 0 Å². The van der Waals surface area contributed by atoms with E-state index in [2.05, 4.69) is 16.0 Å². The van der Waals surface area contributed by atoms with Crippen molar-refractivity contribution in [3.8, 4) is 0 Å². The van der Waals surface area contributed by atoms with Crippen LogP contribution < -0.4 is 16.0 Å². The molecule has 0 aliphatic carbocycles. The van der Waals surface area contributed by atoms with Gasteiger partial charge in [0.15, 0.2) is 6.04 Å². The van der Waals surface area contributed by atoms with Crippen molar-refractivity contribution in [2.75, 3.05) is 13.1 Å². The van der Waals surface area contributed by atoms with Crippen LogP contribution in [-0.2, 0) is 33.6 Å². The Morgan fingerprint density at radius 1 is 0.632 bits per heavy atom. The number of amides is 3. The van der Waals surface area contributed by atoms with Gasteiger partial charge in [0.05, 0.1) is 5.92 Å². The summed E-state index contributed by atoms with van der Waals surface area (Å²) in [5.41, 5.74) is 3.23. The molecule has 3 aromatic rings. The minimum absolute atomic E-state index is 0.343. The molecule has 0 aliphatic heterocycles. The molecule has 6 nitrogen and oxygen atoms in total. The second kappa shape index (κ2) is 15.4. The molecule has 198 valence electrons. The Kier molecular flexibility index (Phi) is 11.7. The van der Waals surface area contributed by atoms with Crippen molar-refractivity contribution in [1.29, 1.82) is 0 Å². The number of aryl methyl sites for hydroxylation is 1. The maximum Gasteiger partial charge on any atom is 0.252 e. The van der Waals surface area contributed by atoms with E-state index in [4.69, 9.17) is 12.2 Å². The first-order valence-electron chi connectivity index (χ1n) is 12.9. The average Bonchev–Trinajstić information content (AvgIpc) is 2.93. The maximum absolute atomic E-state index is 13.3. The van der Waals surface area contributed by atoms with E-state index in [0.717, 1.165) is 16.7 Å². The Morgan fingerprint density at radius 3 is 1.42 bits per heavy atom. The molecule has 0 saturated carbocycles. The smallest absolute Gasteiger partial charge is 0.252 e. The van der Waals surface area contributed by atoms with Gasteiger partial charge in [-0.05, 0) is 49.3 Å². The summed E-state index contributed by atoms with van der Waals surface area (Å²) in [6.45, 7) is 2.41. The lowest BCUT2D eigenvalue weighted by Gasteiger charge is -2.22. The van der Waals surface area contributed by atoms with Crippen molar-refractivity contribution in [3.05, 3.63) is 108 Å². The molecule has 0 aliphatic rings. The van der Waals surface area contributed by atoms with E-state index in [0.29, 0.717) is 43.6 Å². The molecule has 1 atom stereocenters. The molecule has 0 bridgehead atoms. The molecule has 0 saturated heterocycles. The molecule has 3 amide bonds. The zero-order chi connectivity index (χ0) is 27.2. The van der Waals surface area contributed by atoms with Crippen LogP contribution in [0.2, 0.25) is 0 Å². The molecule has 3 rings (SSSR count). The Balaban J connectivity index is 1.64. The number of rotatable bonds is 14. The van der Waals surface area contributed by atoms with Gasteiger partial charge in [-0.15, -0.1) is 0 Å². The molecule has 0 aromatic heterocycles. The van der Waals surface area contributed by atoms with Gasteiger partial charge in [-0.2, -0.15) is 0 Å². The van der Waals surface area contributed by atoms with E-state index >= 15 is 0 Å². The van der Waals surface area contributed by atoms with Crippen LogP contribution in [0.25, 0.3) is 0 Å². The molecular weight excluding hydrogens is 494 g/mol. The predicted molar refractivity (Wildman–Crippen MR) is 155 cm³/mol. The quantitative estimate of drug-likeness (QED) is 0.219. The highest BCUT2D eigenvalue weighted by molar-refractivity contribution is 7.80. The molecule has 38 heavy (non-hydrogen) atoms. The largest absolute Gasteiger partial charge is 0.354 e. The normalized spacial score (nSPS) is 11.4. The first kappa shape index (κ1) is 28.7. The van der Waals surface area contributed by atoms with Crippen molar-refractivity contribution in [1.82, 2.24) is 16.0 Å². The number of nitrogens with one attached hydrogen (secondary N) is 3. The lowest BCUT2D eigenvalue weighted by molar-refractivity contribution is -0.137. The number of benzene rings is 3. The first-order chi connectivity index (χ1) is 18.4. The van der Waals surface area contributed by atoms with Gasteiger partial charge < -0.3 is 16.0 Å². The van der Waals surface area contributed by atoms with Crippen molar-refractivity contribution in [2.45, 2.75) is 38.6 Å². The summed E-state index contributed by atoms with van der Waals surface area (Å²) < 4.78 is 0. The highest BCUT2D eigenvalue weighted by Crippen LogP contribution is 2.13. The van der Waals surface area contributed by atoms with Crippen LogP contribution in [0.5, 0.6) is 0 Å². The first-order valence-corrected chi connectivity index (χ1v) is 13.3. The lowest BCUT2D eigenvalue weighted by Crippen LogP contribution is -2.57. The van der Waals surface area contributed by atoms with Crippen LogP contribution in [0, 0.1) is 5.92 Å². The van der Waals surface area contributed by atoms with Gasteiger partial charge in [0.1, 0.15) is 0 Å². The van der Waals surface area contributed by atoms with E-state index < -0.39 is 29.7 Å². The van der Waals surface area contributed by atoms with Crippen LogP contribution in [0.1, 0.15) is 30.0 Å². The zero-order valence-corrected chi connectivity index (χ0v) is 22.5. The predicted octanol–water partition coefficient (Wildman–Crippen LogP) is 3.83. The Morgan fingerprint density at radius 2 is 1.03 bits per heavy atom. The number of hydrogen-bond acceptors (Lipinski definition) is 4. The fourth-order valence-corrected chi connectivity index (χ4v) is 4.35. The minimum atomic E-state index is -1.36. The number of hydrogen-bond donors (Lipinski definition) is 3. The number of thiocarbonyl (C=S) groups is 1. The second-order valence-electron chi connectivity index (χ2n) is 9.18. The third-order valence-electron chi connectivity index (χ3n) is 6.29. The molecule has 0 heterocycles. The summed E-state index contributed by atoms with van der Waals surface area (Å²) in [4.78, 5) is 40.0. The standard InChI is InChI=1S/C31H35N3O3S/c1-23(38)27(18-17-24-11-5-2-6-12-24)29(35)34-28(30(36)32-21-19-25-13-7-3-8-14-25)31(37)33-22-20-26-15-9-4-10-16-26/h2-16,27-28H,17-22H2,1H3,(H,32,36)(H,33,37)(H,34,35). The minimum Gasteiger partial charge on any atom is -0.354 e. The van der Waals surface area contributed by atoms with Crippen molar-refractivity contribution in [2.24, 2.45) is 5.92 Å². The van der Waals surface area contributed by atoms with Gasteiger partial charge in [-0.25, -0.2) is 0 Å². The molecule has 0 fully saturated rings. The highest BCUT2D eigenvalue weighted by atomic mass is 32.1. The average molecular weight is 530 g/mol. The van der Waals surface area contributed by atoms with E-state index in [1.807, 2.05) is 91.0 Å². The van der Waals surface area contributed by atoms with Gasteiger partial charge in [0.2, 0.25) is 5.91 Å². The third kappa shape index (κ3) is 9.56. The highest BCUT2D eigenvalue weighted by Gasteiger charge is 2.31. The Bertz CT molecular complexity index is 1130. The van der Waals surface area contributed by atoms with Crippen molar-refractivity contribution < 1.29 is 14.4 Å². The molecule has 3 aromatic carbocycles. The monoisotopic (exact) mass is 529 g/mol. The van der Waals surface area contributed by atoms with Gasteiger partial charge in [-0.1, -0.05) is 103 Å². The van der Waals surface area contributed by atoms with E-state index in [1.54, 1.807) is 6.92 Å². The fraction of sp³-hybridized carbons (Fsp3) is 0.290. The molecule has 0 spiro atoms. The van der Waals surface area contributed by atoms with Crippen LogP contribution >= 0.6 is 12.2 Å². The third-order valence-corrected chi connectivity index (χ3v) is 6.58.